The van der Waals surface area contributed by atoms with Gasteiger partial charge in [-0.3, -0.25) is 9.59 Å². The van der Waals surface area contributed by atoms with Gasteiger partial charge in [0, 0.05) is 15.7 Å². The van der Waals surface area contributed by atoms with Crippen molar-refractivity contribution in [2.24, 2.45) is 5.73 Å². The molecule has 7 nitrogen and oxygen atoms in total. The number of nitrogens with zero attached hydrogens (tertiary/aromatic N) is 1. The van der Waals surface area contributed by atoms with Crippen LogP contribution in [-0.2, 0) is 9.59 Å². The number of benzene rings is 2. The summed E-state index contributed by atoms with van der Waals surface area (Å²) in [5.41, 5.74) is 5.94. The number of carbonyl (C=O) groups excluding carboxylic acids is 2. The van der Waals surface area contributed by atoms with Crippen LogP contribution in [0.25, 0.3) is 6.08 Å². The largest absolute Gasteiger partial charge is 0.494 e. The second-order valence-corrected chi connectivity index (χ2v) is 6.43. The summed E-state index contributed by atoms with van der Waals surface area (Å²) in [4.78, 5) is 23.4. The second kappa shape index (κ2) is 10.1. The molecule has 3 N–H and O–H groups in total. The lowest BCUT2D eigenvalue weighted by atomic mass is 10.1. The van der Waals surface area contributed by atoms with Crippen molar-refractivity contribution in [2.45, 2.75) is 6.92 Å². The molecule has 0 saturated carbocycles. The minimum Gasteiger partial charge on any atom is -0.494 e. The molecule has 0 aliphatic carbocycles. The van der Waals surface area contributed by atoms with Crippen molar-refractivity contribution < 1.29 is 19.1 Å². The van der Waals surface area contributed by atoms with Crippen LogP contribution in [0.4, 0.5) is 5.69 Å². The van der Waals surface area contributed by atoms with Crippen molar-refractivity contribution in [3.8, 4) is 17.6 Å². The summed E-state index contributed by atoms with van der Waals surface area (Å²) in [7, 11) is 0. The smallest absolute Gasteiger partial charge is 0.266 e. The number of rotatable bonds is 8. The predicted molar refractivity (Wildman–Crippen MR) is 109 cm³/mol. The van der Waals surface area contributed by atoms with E-state index in [0.29, 0.717) is 29.4 Å². The standard InChI is InChI=1S/C20H18BrN3O4/c1-2-27-17-6-4-16(5-7-17)24-20(26)14(11-22)9-13-10-15(21)3-8-18(13)28-12-19(23)25/h3-10H,2,12H2,1H3,(H2,23,25)(H,24,26)/b14-9+. The van der Waals surface area contributed by atoms with E-state index in [1.807, 2.05) is 13.0 Å². The Kier molecular flexibility index (Phi) is 7.60. The SMILES string of the molecule is CCOc1ccc(NC(=O)/C(C#N)=C/c2cc(Br)ccc2OCC(N)=O)cc1. The van der Waals surface area contributed by atoms with Crippen LogP contribution in [0.5, 0.6) is 11.5 Å². The van der Waals surface area contributed by atoms with Gasteiger partial charge in [-0.2, -0.15) is 5.26 Å². The number of nitrogens with one attached hydrogen (secondary N) is 1. The zero-order valence-corrected chi connectivity index (χ0v) is 16.7. The summed E-state index contributed by atoms with van der Waals surface area (Å²) in [5.74, 6) is -0.204. The highest BCUT2D eigenvalue weighted by molar-refractivity contribution is 9.10. The number of ether oxygens (including phenoxy) is 2. The van der Waals surface area contributed by atoms with E-state index >= 15 is 0 Å². The highest BCUT2D eigenvalue weighted by atomic mass is 79.9. The van der Waals surface area contributed by atoms with Gasteiger partial charge in [0.05, 0.1) is 6.61 Å². The summed E-state index contributed by atoms with van der Waals surface area (Å²) in [6, 6.07) is 13.7. The topological polar surface area (TPSA) is 114 Å². The molecule has 2 aromatic rings. The molecule has 0 atom stereocenters. The third-order valence-electron chi connectivity index (χ3n) is 3.43. The Morgan fingerprint density at radius 3 is 2.54 bits per heavy atom. The van der Waals surface area contributed by atoms with Crippen molar-refractivity contribution in [2.75, 3.05) is 18.5 Å². The number of anilines is 1. The van der Waals surface area contributed by atoms with Gasteiger partial charge in [0.2, 0.25) is 0 Å². The van der Waals surface area contributed by atoms with Crippen LogP contribution in [0.2, 0.25) is 0 Å². The van der Waals surface area contributed by atoms with Crippen LogP contribution < -0.4 is 20.5 Å². The Balaban J connectivity index is 2.22. The normalized spacial score (nSPS) is 10.7. The average molecular weight is 444 g/mol. The Morgan fingerprint density at radius 2 is 1.93 bits per heavy atom. The summed E-state index contributed by atoms with van der Waals surface area (Å²) >= 11 is 3.33. The monoisotopic (exact) mass is 443 g/mol. The van der Waals surface area contributed by atoms with Gasteiger partial charge in [-0.25, -0.2) is 0 Å². The average Bonchev–Trinajstić information content (AvgIpc) is 2.67. The van der Waals surface area contributed by atoms with E-state index in [-0.39, 0.29) is 12.2 Å². The van der Waals surface area contributed by atoms with E-state index in [1.165, 1.54) is 6.08 Å². The van der Waals surface area contributed by atoms with Crippen LogP contribution in [0.15, 0.2) is 52.5 Å². The first-order chi connectivity index (χ1) is 13.4. The highest BCUT2D eigenvalue weighted by Gasteiger charge is 2.12. The molecule has 0 radical (unpaired) electrons. The van der Waals surface area contributed by atoms with E-state index < -0.39 is 11.8 Å². The number of hydrogen-bond donors (Lipinski definition) is 2. The molecule has 0 spiro atoms. The Labute approximate surface area is 170 Å². The third-order valence-corrected chi connectivity index (χ3v) is 3.92. The molecule has 0 aliphatic heterocycles. The van der Waals surface area contributed by atoms with Crippen LogP contribution in [0, 0.1) is 11.3 Å². The molecule has 8 heteroatoms. The molecule has 2 aromatic carbocycles. The van der Waals surface area contributed by atoms with E-state index in [9.17, 15) is 14.9 Å². The van der Waals surface area contributed by atoms with Gasteiger partial charge in [-0.15, -0.1) is 0 Å². The molecule has 0 aromatic heterocycles. The van der Waals surface area contributed by atoms with Gasteiger partial charge in [0.1, 0.15) is 23.1 Å². The zero-order valence-electron chi connectivity index (χ0n) is 15.1. The fourth-order valence-electron chi connectivity index (χ4n) is 2.22. The van der Waals surface area contributed by atoms with Crippen LogP contribution in [0.1, 0.15) is 12.5 Å². The first kappa shape index (κ1) is 21.0. The molecule has 0 heterocycles. The quantitative estimate of drug-likeness (QED) is 0.479. The van der Waals surface area contributed by atoms with Gasteiger partial charge in [-0.1, -0.05) is 15.9 Å². The molecule has 0 aliphatic rings. The van der Waals surface area contributed by atoms with Crippen LogP contribution in [-0.4, -0.2) is 25.0 Å². The summed E-state index contributed by atoms with van der Waals surface area (Å²) < 4.78 is 11.4. The Hall–Kier alpha value is -3.31. The van der Waals surface area contributed by atoms with Crippen molar-refractivity contribution in [1.29, 1.82) is 5.26 Å². The maximum atomic E-state index is 12.5. The van der Waals surface area contributed by atoms with Crippen LogP contribution in [0.3, 0.4) is 0 Å². The molecular formula is C20H18BrN3O4. The molecular weight excluding hydrogens is 426 g/mol. The van der Waals surface area contributed by atoms with E-state index in [2.05, 4.69) is 21.2 Å². The second-order valence-electron chi connectivity index (χ2n) is 5.52. The van der Waals surface area contributed by atoms with Crippen molar-refractivity contribution in [3.05, 3.63) is 58.1 Å². The summed E-state index contributed by atoms with van der Waals surface area (Å²) in [5, 5.41) is 12.1. The number of nitriles is 1. The van der Waals surface area contributed by atoms with Crippen molar-refractivity contribution in [3.63, 3.8) is 0 Å². The van der Waals surface area contributed by atoms with Crippen molar-refractivity contribution >= 4 is 39.5 Å². The molecule has 2 rings (SSSR count). The molecule has 2 amide bonds. The van der Waals surface area contributed by atoms with Gasteiger partial charge in [-0.05, 0) is 55.5 Å². The lowest BCUT2D eigenvalue weighted by Crippen LogP contribution is -2.20. The summed E-state index contributed by atoms with van der Waals surface area (Å²) in [6.07, 6.45) is 1.38. The third kappa shape index (κ3) is 6.14. The number of primary amides is 1. The first-order valence-electron chi connectivity index (χ1n) is 8.29. The maximum Gasteiger partial charge on any atom is 0.266 e. The van der Waals surface area contributed by atoms with E-state index in [0.717, 1.165) is 4.47 Å². The summed E-state index contributed by atoms with van der Waals surface area (Å²) in [6.45, 7) is 2.10. The van der Waals surface area contributed by atoms with Gasteiger partial charge >= 0.3 is 0 Å². The zero-order chi connectivity index (χ0) is 20.5. The van der Waals surface area contributed by atoms with Gasteiger partial charge < -0.3 is 20.5 Å². The van der Waals surface area contributed by atoms with Crippen molar-refractivity contribution in [1.82, 2.24) is 0 Å². The number of carbonyl (C=O) groups is 2. The number of nitrogens with two attached hydrogens (primary N) is 1. The molecule has 0 bridgehead atoms. The predicted octanol–water partition coefficient (Wildman–Crippen LogP) is 3.26. The minimum atomic E-state index is -0.633. The Morgan fingerprint density at radius 1 is 1.21 bits per heavy atom. The van der Waals surface area contributed by atoms with E-state index in [1.54, 1.807) is 42.5 Å². The molecule has 28 heavy (non-hydrogen) atoms. The fraction of sp³-hybridized carbons (Fsp3) is 0.150. The highest BCUT2D eigenvalue weighted by Crippen LogP contribution is 2.26. The molecule has 0 saturated heterocycles. The Bertz CT molecular complexity index is 933. The molecule has 0 fully saturated rings. The van der Waals surface area contributed by atoms with E-state index in [4.69, 9.17) is 15.2 Å². The lowest BCUT2D eigenvalue weighted by Gasteiger charge is -2.09. The van der Waals surface area contributed by atoms with Crippen LogP contribution >= 0.6 is 15.9 Å². The fourth-order valence-corrected chi connectivity index (χ4v) is 2.59. The number of amides is 2. The maximum absolute atomic E-state index is 12.5. The number of halogens is 1. The first-order valence-corrected chi connectivity index (χ1v) is 9.09. The van der Waals surface area contributed by atoms with Gasteiger partial charge in [0.25, 0.3) is 11.8 Å². The molecule has 144 valence electrons. The lowest BCUT2D eigenvalue weighted by molar-refractivity contribution is -0.120. The minimum absolute atomic E-state index is 0.129. The molecule has 0 unspecified atom stereocenters. The number of hydrogen-bond acceptors (Lipinski definition) is 5. The van der Waals surface area contributed by atoms with Gasteiger partial charge in [0.15, 0.2) is 6.61 Å².